The van der Waals surface area contributed by atoms with E-state index >= 15 is 0 Å². The van der Waals surface area contributed by atoms with Gasteiger partial charge in [0, 0.05) is 30.6 Å². The number of non-ortho nitro benzene ring substituents is 1. The number of nitro benzene ring substituents is 1. The fourth-order valence-electron chi connectivity index (χ4n) is 2.24. The van der Waals surface area contributed by atoms with E-state index in [0.29, 0.717) is 24.8 Å². The van der Waals surface area contributed by atoms with Gasteiger partial charge in [-0.15, -0.1) is 0 Å². The molecule has 0 radical (unpaired) electrons. The van der Waals surface area contributed by atoms with Gasteiger partial charge >= 0.3 is 6.18 Å². The zero-order valence-electron chi connectivity index (χ0n) is 15.0. The van der Waals surface area contributed by atoms with Gasteiger partial charge in [-0.25, -0.2) is 4.98 Å². The van der Waals surface area contributed by atoms with Crippen LogP contribution in [0.3, 0.4) is 0 Å². The number of ether oxygens (including phenoxy) is 1. The van der Waals surface area contributed by atoms with Crippen molar-refractivity contribution >= 4 is 17.3 Å². The van der Waals surface area contributed by atoms with E-state index in [1.54, 1.807) is 20.8 Å². The quantitative estimate of drug-likeness (QED) is 0.507. The number of nitro groups is 1. The Labute approximate surface area is 154 Å². The standard InChI is InChI=1S/C17H19F3N4O3/c1-4-11(3)27-15-14(17(18,19)20)10-21-16(22-15)23(5-2)12-6-8-13(9-7-12)24(25)26/h6-11H,4-5H2,1-3H3. The fourth-order valence-corrected chi connectivity index (χ4v) is 2.24. The zero-order chi connectivity index (χ0) is 20.2. The minimum atomic E-state index is -4.65. The summed E-state index contributed by atoms with van der Waals surface area (Å²) in [5.41, 5.74) is -0.632. The van der Waals surface area contributed by atoms with E-state index in [1.807, 2.05) is 0 Å². The molecule has 0 bridgehead atoms. The number of nitrogens with zero attached hydrogens (tertiary/aromatic N) is 4. The Balaban J connectivity index is 2.45. The molecule has 0 N–H and O–H groups in total. The lowest BCUT2D eigenvalue weighted by Crippen LogP contribution is -2.22. The average molecular weight is 384 g/mol. The first-order valence-corrected chi connectivity index (χ1v) is 8.30. The van der Waals surface area contributed by atoms with Crippen molar-refractivity contribution in [1.82, 2.24) is 9.97 Å². The molecule has 0 saturated heterocycles. The maximum Gasteiger partial charge on any atom is 0.423 e. The topological polar surface area (TPSA) is 81.4 Å². The lowest BCUT2D eigenvalue weighted by molar-refractivity contribution is -0.384. The van der Waals surface area contributed by atoms with Crippen LogP contribution in [0.25, 0.3) is 0 Å². The first-order valence-electron chi connectivity index (χ1n) is 8.30. The normalized spacial score (nSPS) is 12.5. The van der Waals surface area contributed by atoms with Crippen molar-refractivity contribution in [3.8, 4) is 5.88 Å². The largest absolute Gasteiger partial charge is 0.474 e. The van der Waals surface area contributed by atoms with E-state index < -0.39 is 28.6 Å². The van der Waals surface area contributed by atoms with Gasteiger partial charge in [0.15, 0.2) is 0 Å². The molecule has 2 rings (SSSR count). The number of alkyl halides is 3. The van der Waals surface area contributed by atoms with Crippen LogP contribution in [0.5, 0.6) is 5.88 Å². The molecule has 1 unspecified atom stereocenters. The Morgan fingerprint density at radius 3 is 2.37 bits per heavy atom. The maximum absolute atomic E-state index is 13.2. The van der Waals surface area contributed by atoms with Crippen LogP contribution in [0.1, 0.15) is 32.8 Å². The Hall–Kier alpha value is -2.91. The molecule has 0 saturated carbocycles. The van der Waals surface area contributed by atoms with E-state index in [9.17, 15) is 23.3 Å². The van der Waals surface area contributed by atoms with Crippen molar-refractivity contribution in [2.75, 3.05) is 11.4 Å². The second-order valence-corrected chi connectivity index (χ2v) is 5.74. The molecule has 0 amide bonds. The molecule has 7 nitrogen and oxygen atoms in total. The van der Waals surface area contributed by atoms with Crippen LogP contribution in [0.2, 0.25) is 0 Å². The van der Waals surface area contributed by atoms with Gasteiger partial charge in [0.05, 0.1) is 11.0 Å². The molecule has 0 fully saturated rings. The highest BCUT2D eigenvalue weighted by Gasteiger charge is 2.37. The maximum atomic E-state index is 13.2. The van der Waals surface area contributed by atoms with Gasteiger partial charge in [-0.1, -0.05) is 6.92 Å². The summed E-state index contributed by atoms with van der Waals surface area (Å²) in [4.78, 5) is 19.6. The molecular weight excluding hydrogens is 365 g/mol. The first kappa shape index (κ1) is 20.4. The highest BCUT2D eigenvalue weighted by Crippen LogP contribution is 2.36. The van der Waals surface area contributed by atoms with Crippen LogP contribution in [0, 0.1) is 10.1 Å². The summed E-state index contributed by atoms with van der Waals surface area (Å²) in [6, 6.07) is 5.58. The van der Waals surface area contributed by atoms with Crippen molar-refractivity contribution in [2.45, 2.75) is 39.5 Å². The van der Waals surface area contributed by atoms with Crippen LogP contribution in [-0.4, -0.2) is 27.5 Å². The Morgan fingerprint density at radius 2 is 1.89 bits per heavy atom. The second-order valence-electron chi connectivity index (χ2n) is 5.74. The summed E-state index contributed by atoms with van der Waals surface area (Å²) in [7, 11) is 0. The van der Waals surface area contributed by atoms with Gasteiger partial charge in [0.2, 0.25) is 11.8 Å². The molecule has 27 heavy (non-hydrogen) atoms. The van der Waals surface area contributed by atoms with E-state index in [1.165, 1.54) is 29.2 Å². The number of aromatic nitrogens is 2. The van der Waals surface area contributed by atoms with Crippen LogP contribution in [-0.2, 0) is 6.18 Å². The number of anilines is 2. The van der Waals surface area contributed by atoms with Crippen molar-refractivity contribution in [3.63, 3.8) is 0 Å². The van der Waals surface area contributed by atoms with Crippen molar-refractivity contribution in [1.29, 1.82) is 0 Å². The summed E-state index contributed by atoms with van der Waals surface area (Å²) in [6.07, 6.45) is -3.90. The van der Waals surface area contributed by atoms with Crippen LogP contribution in [0.15, 0.2) is 30.5 Å². The molecule has 1 atom stereocenters. The van der Waals surface area contributed by atoms with Gasteiger partial charge in [-0.2, -0.15) is 18.2 Å². The summed E-state index contributed by atoms with van der Waals surface area (Å²) < 4.78 is 45.0. The molecule has 0 aliphatic rings. The molecule has 2 aromatic rings. The van der Waals surface area contributed by atoms with Gasteiger partial charge in [-0.3, -0.25) is 10.1 Å². The molecule has 1 heterocycles. The Kier molecular flexibility index (Phi) is 6.19. The van der Waals surface area contributed by atoms with E-state index in [0.717, 1.165) is 0 Å². The highest BCUT2D eigenvalue weighted by molar-refractivity contribution is 5.59. The average Bonchev–Trinajstić information content (AvgIpc) is 2.62. The van der Waals surface area contributed by atoms with Crippen molar-refractivity contribution in [3.05, 3.63) is 46.1 Å². The van der Waals surface area contributed by atoms with Gasteiger partial charge in [0.1, 0.15) is 5.56 Å². The summed E-state index contributed by atoms with van der Waals surface area (Å²) in [5.74, 6) is -0.528. The second kappa shape index (κ2) is 8.19. The highest BCUT2D eigenvalue weighted by atomic mass is 19.4. The van der Waals surface area contributed by atoms with Gasteiger partial charge in [-0.05, 0) is 32.4 Å². The Morgan fingerprint density at radius 1 is 1.26 bits per heavy atom. The number of halogens is 3. The fraction of sp³-hybridized carbons (Fsp3) is 0.412. The van der Waals surface area contributed by atoms with Crippen LogP contribution in [0.4, 0.5) is 30.5 Å². The molecular formula is C17H19F3N4O3. The monoisotopic (exact) mass is 384 g/mol. The van der Waals surface area contributed by atoms with Crippen molar-refractivity contribution in [2.24, 2.45) is 0 Å². The van der Waals surface area contributed by atoms with E-state index in [-0.39, 0.29) is 11.6 Å². The van der Waals surface area contributed by atoms with Gasteiger partial charge in [0.25, 0.3) is 5.69 Å². The molecule has 0 aliphatic heterocycles. The van der Waals surface area contributed by atoms with E-state index in [2.05, 4.69) is 9.97 Å². The molecule has 0 aliphatic carbocycles. The lowest BCUT2D eigenvalue weighted by Gasteiger charge is -2.23. The molecule has 1 aromatic carbocycles. The van der Waals surface area contributed by atoms with Gasteiger partial charge < -0.3 is 9.64 Å². The lowest BCUT2D eigenvalue weighted by atomic mass is 10.2. The summed E-state index contributed by atoms with van der Waals surface area (Å²) in [5, 5.41) is 10.8. The van der Waals surface area contributed by atoms with Crippen molar-refractivity contribution < 1.29 is 22.8 Å². The number of benzene rings is 1. The van der Waals surface area contributed by atoms with Crippen LogP contribution < -0.4 is 9.64 Å². The summed E-state index contributed by atoms with van der Waals surface area (Å²) >= 11 is 0. The number of hydrogen-bond acceptors (Lipinski definition) is 6. The minimum absolute atomic E-state index is 0.0117. The SMILES string of the molecule is CCC(C)Oc1nc(N(CC)c2ccc([N+](=O)[O-])cc2)ncc1C(F)(F)F. The zero-order valence-corrected chi connectivity index (χ0v) is 15.0. The summed E-state index contributed by atoms with van der Waals surface area (Å²) in [6.45, 7) is 5.54. The third-order valence-corrected chi connectivity index (χ3v) is 3.86. The number of hydrogen-bond donors (Lipinski definition) is 0. The Bertz CT molecular complexity index is 797. The minimum Gasteiger partial charge on any atom is -0.474 e. The third kappa shape index (κ3) is 4.83. The molecule has 10 heteroatoms. The predicted octanol–water partition coefficient (Wildman–Crippen LogP) is 4.74. The third-order valence-electron chi connectivity index (χ3n) is 3.86. The van der Waals surface area contributed by atoms with E-state index in [4.69, 9.17) is 4.74 Å². The number of rotatable bonds is 7. The predicted molar refractivity (Wildman–Crippen MR) is 93.2 cm³/mol. The molecule has 1 aromatic heterocycles. The molecule has 146 valence electrons. The first-order chi connectivity index (χ1) is 12.7. The molecule has 0 spiro atoms. The van der Waals surface area contributed by atoms with Crippen LogP contribution >= 0.6 is 0 Å². The smallest absolute Gasteiger partial charge is 0.423 e.